The summed E-state index contributed by atoms with van der Waals surface area (Å²) in [5.74, 6) is 0.580. The average molecular weight is 143 g/mol. The molecule has 0 atom stereocenters. The van der Waals surface area contributed by atoms with Crippen molar-refractivity contribution in [2.24, 2.45) is 0 Å². The number of rotatable bonds is 3. The van der Waals surface area contributed by atoms with Gasteiger partial charge < -0.3 is 0 Å². The van der Waals surface area contributed by atoms with Crippen LogP contribution in [0.25, 0.3) is 0 Å². The van der Waals surface area contributed by atoms with Crippen LogP contribution in [0.1, 0.15) is 13.3 Å². The van der Waals surface area contributed by atoms with E-state index in [1.807, 2.05) is 0 Å². The monoisotopic (exact) mass is 144 g/mol. The quantitative estimate of drug-likeness (QED) is 0.424. The molecule has 0 unspecified atom stereocenters. The molecule has 0 fully saturated rings. The van der Waals surface area contributed by atoms with E-state index in [1.165, 1.54) is 0 Å². The largest absolute Gasteiger partial charge is 0.179 e. The molecular weight excluding hydrogens is 135 g/mol. The molecule has 0 aliphatic carbocycles. The van der Waals surface area contributed by atoms with Crippen molar-refractivity contribution < 1.29 is 0 Å². The second-order valence-corrected chi connectivity index (χ2v) is 3.24. The summed E-state index contributed by atoms with van der Waals surface area (Å²) in [5, 5.41) is -2.08. The van der Waals surface area contributed by atoms with Gasteiger partial charge in [0.2, 0.25) is 0 Å². The van der Waals surface area contributed by atoms with Gasteiger partial charge in [0.25, 0.3) is 0 Å². The summed E-state index contributed by atoms with van der Waals surface area (Å²) < 4.78 is 0. The minimum Gasteiger partial charge on any atom is -0.179 e. The van der Waals surface area contributed by atoms with Crippen LogP contribution in [0.2, 0.25) is 10.4 Å². The zero-order valence-electron chi connectivity index (χ0n) is 6.17. The Hall–Kier alpha value is 0.610. The van der Waals surface area contributed by atoms with Crippen molar-refractivity contribution in [3.05, 3.63) is 0 Å². The third kappa shape index (κ3) is 2.69. The Bertz CT molecular complexity index is 107. The number of hydrogen-bond donors (Lipinski definition) is 1. The maximum absolute atomic E-state index is 5.58. The van der Waals surface area contributed by atoms with E-state index in [-0.39, 0.29) is 0 Å². The van der Waals surface area contributed by atoms with Gasteiger partial charge >= 0.3 is 0 Å². The van der Waals surface area contributed by atoms with Crippen LogP contribution in [0.5, 0.6) is 0 Å². The van der Waals surface area contributed by atoms with Crippen LogP contribution >= 0.6 is 12.6 Å². The smallest absolute Gasteiger partial charge is 0.0608 e. The Balaban J connectivity index is 4.10. The van der Waals surface area contributed by atoms with Crippen molar-refractivity contribution in [2.45, 2.75) is 23.8 Å². The van der Waals surface area contributed by atoms with Crippen LogP contribution in [0.4, 0.5) is 0 Å². The van der Waals surface area contributed by atoms with E-state index in [9.17, 15) is 0 Å². The molecule has 0 nitrogen and oxygen atoms in total. The molecule has 0 aliphatic heterocycles. The molecule has 0 saturated carbocycles. The highest BCUT2D eigenvalue weighted by Crippen LogP contribution is 2.43. The van der Waals surface area contributed by atoms with Gasteiger partial charge in [0.1, 0.15) is 0 Å². The molecule has 8 radical (unpaired) electrons. The predicted octanol–water partition coefficient (Wildman–Crippen LogP) is 0.233. The first-order chi connectivity index (χ1) is 4.31. The Morgan fingerprint density at radius 1 is 1.20 bits per heavy atom. The van der Waals surface area contributed by atoms with Crippen LogP contribution in [-0.4, -0.2) is 37.1 Å². The minimum absolute atomic E-state index is 0.500. The van der Waals surface area contributed by atoms with Crippen molar-refractivity contribution in [3.63, 3.8) is 0 Å². The lowest BCUT2D eigenvalue weighted by Crippen LogP contribution is -2.30. The second-order valence-electron chi connectivity index (χ2n) is 2.80. The van der Waals surface area contributed by atoms with Gasteiger partial charge in [-0.3, -0.25) is 0 Å². The Labute approximate surface area is 74.0 Å². The highest BCUT2D eigenvalue weighted by molar-refractivity contribution is 7.80. The van der Waals surface area contributed by atoms with Crippen molar-refractivity contribution in [1.82, 2.24) is 0 Å². The SMILES string of the molecule is [B]C([B])(C)C([B])([B])CCS. The molecule has 0 spiro atoms. The Morgan fingerprint density at radius 2 is 1.60 bits per heavy atom. The van der Waals surface area contributed by atoms with Crippen molar-refractivity contribution in [2.75, 3.05) is 5.75 Å². The first kappa shape index (κ1) is 10.6. The zero-order valence-corrected chi connectivity index (χ0v) is 7.07. The summed E-state index contributed by atoms with van der Waals surface area (Å²) in [6.45, 7) is 1.59. The maximum Gasteiger partial charge on any atom is 0.0608 e. The van der Waals surface area contributed by atoms with E-state index in [1.54, 1.807) is 6.92 Å². The third-order valence-electron chi connectivity index (χ3n) is 1.53. The van der Waals surface area contributed by atoms with Crippen molar-refractivity contribution in [1.29, 1.82) is 0 Å². The maximum atomic E-state index is 5.58. The van der Waals surface area contributed by atoms with E-state index in [0.717, 1.165) is 0 Å². The average Bonchev–Trinajstić information content (AvgIpc) is 1.61. The summed E-state index contributed by atoms with van der Waals surface area (Å²) in [4.78, 5) is 0. The molecule has 0 saturated heterocycles. The van der Waals surface area contributed by atoms with Crippen LogP contribution in [-0.2, 0) is 0 Å². The van der Waals surface area contributed by atoms with Crippen molar-refractivity contribution in [3.8, 4) is 0 Å². The van der Waals surface area contributed by atoms with Crippen LogP contribution in [0.3, 0.4) is 0 Å². The molecule has 0 bridgehead atoms. The van der Waals surface area contributed by atoms with Gasteiger partial charge in [-0.2, -0.15) is 12.6 Å². The molecule has 0 heterocycles. The zero-order chi connectivity index (χ0) is 8.41. The molecule has 10 heavy (non-hydrogen) atoms. The molecule has 0 N–H and O–H groups in total. The predicted molar refractivity (Wildman–Crippen MR) is 52.5 cm³/mol. The van der Waals surface area contributed by atoms with Crippen molar-refractivity contribution >= 4 is 44.0 Å². The normalized spacial score (nSPS) is 13.4. The molecular formula is C5H8B4S. The topological polar surface area (TPSA) is 0 Å². The molecule has 46 valence electrons. The van der Waals surface area contributed by atoms with Gasteiger partial charge in [0.15, 0.2) is 0 Å². The first-order valence-corrected chi connectivity index (χ1v) is 3.71. The van der Waals surface area contributed by atoms with E-state index in [0.29, 0.717) is 12.2 Å². The highest BCUT2D eigenvalue weighted by Gasteiger charge is 2.29. The molecule has 0 aromatic carbocycles. The van der Waals surface area contributed by atoms with Crippen LogP contribution in [0.15, 0.2) is 0 Å². The fourth-order valence-electron chi connectivity index (χ4n) is 0.454. The molecule has 0 aromatic heterocycles. The molecule has 0 aromatic rings. The summed E-state index contributed by atoms with van der Waals surface area (Å²) in [7, 11) is 22.2. The lowest BCUT2D eigenvalue weighted by Gasteiger charge is -2.41. The standard InChI is InChI=1S/C5H8B4S/c1-4(6,7)5(8,9)2-3-10/h10H,2-3H2,1H3. The van der Waals surface area contributed by atoms with Crippen LogP contribution in [0, 0.1) is 0 Å². The van der Waals surface area contributed by atoms with Gasteiger partial charge in [-0.25, -0.2) is 0 Å². The van der Waals surface area contributed by atoms with E-state index in [4.69, 9.17) is 31.4 Å². The van der Waals surface area contributed by atoms with Gasteiger partial charge in [0, 0.05) is 0 Å². The lowest BCUT2D eigenvalue weighted by molar-refractivity contribution is 0.653. The van der Waals surface area contributed by atoms with Gasteiger partial charge in [-0.05, 0) is 5.75 Å². The lowest BCUT2D eigenvalue weighted by atomic mass is 9.30. The molecule has 0 aliphatic rings. The Kier molecular flexibility index (Phi) is 3.54. The number of thiol groups is 1. The second kappa shape index (κ2) is 3.34. The highest BCUT2D eigenvalue weighted by atomic mass is 32.1. The summed E-state index contributed by atoms with van der Waals surface area (Å²) >= 11 is 3.97. The van der Waals surface area contributed by atoms with Gasteiger partial charge in [-0.1, -0.05) is 13.3 Å². The van der Waals surface area contributed by atoms with E-state index < -0.39 is 10.4 Å². The molecule has 5 heteroatoms. The van der Waals surface area contributed by atoms with Gasteiger partial charge in [-0.15, -0.1) is 10.4 Å². The fraction of sp³-hybridized carbons (Fsp3) is 1.00. The number of hydrogen-bond acceptors (Lipinski definition) is 1. The summed E-state index contributed by atoms with van der Waals surface area (Å²) in [5.41, 5.74) is 0. The third-order valence-corrected chi connectivity index (χ3v) is 1.75. The van der Waals surface area contributed by atoms with E-state index in [2.05, 4.69) is 12.6 Å². The Morgan fingerprint density at radius 3 is 1.70 bits per heavy atom. The summed E-state index contributed by atoms with van der Waals surface area (Å²) in [6, 6.07) is 0. The van der Waals surface area contributed by atoms with E-state index >= 15 is 0 Å². The fourth-order valence-corrected chi connectivity index (χ4v) is 0.824. The first-order valence-electron chi connectivity index (χ1n) is 3.07. The minimum atomic E-state index is -1.05. The molecule has 0 amide bonds. The van der Waals surface area contributed by atoms with Crippen LogP contribution < -0.4 is 0 Å². The molecule has 0 rings (SSSR count). The van der Waals surface area contributed by atoms with Gasteiger partial charge in [0.05, 0.1) is 31.4 Å². The summed E-state index contributed by atoms with van der Waals surface area (Å²) in [6.07, 6.45) is 0.500.